The van der Waals surface area contributed by atoms with Crippen molar-refractivity contribution in [2.45, 2.75) is 52.6 Å². The van der Waals surface area contributed by atoms with E-state index in [1.165, 1.54) is 0 Å². The molecule has 0 radical (unpaired) electrons. The summed E-state index contributed by atoms with van der Waals surface area (Å²) in [7, 11) is 4.06. The molecule has 0 aliphatic rings. The van der Waals surface area contributed by atoms with Gasteiger partial charge in [-0.1, -0.05) is 29.3 Å². The lowest BCUT2D eigenvalue weighted by Gasteiger charge is -2.24. The molecular weight excluding hydrogens is 433 g/mol. The van der Waals surface area contributed by atoms with Gasteiger partial charge in [0.15, 0.2) is 0 Å². The predicted octanol–water partition coefficient (Wildman–Crippen LogP) is 4.63. The van der Waals surface area contributed by atoms with Gasteiger partial charge in [-0.05, 0) is 70.6 Å². The Balaban J connectivity index is 2.08. The van der Waals surface area contributed by atoms with Gasteiger partial charge in [0.2, 0.25) is 5.91 Å². The summed E-state index contributed by atoms with van der Waals surface area (Å²) in [6, 6.07) is 7.65. The summed E-state index contributed by atoms with van der Waals surface area (Å²) in [5, 5.41) is 14.4. The Kier molecular flexibility index (Phi) is 9.83. The largest absolute Gasteiger partial charge is 0.338 e. The van der Waals surface area contributed by atoms with E-state index in [1.807, 2.05) is 49.7 Å². The summed E-state index contributed by atoms with van der Waals surface area (Å²) < 4.78 is 1.86. The Morgan fingerprint density at radius 2 is 1.94 bits per heavy atom. The van der Waals surface area contributed by atoms with Crippen molar-refractivity contribution in [3.63, 3.8) is 0 Å². The van der Waals surface area contributed by atoms with E-state index >= 15 is 0 Å². The molecule has 31 heavy (non-hydrogen) atoms. The molecule has 6 nitrogen and oxygen atoms in total. The SMILES string of the molecule is Cc1nn(CCC#N)c(C)c1CCC(=O)N(CCCN(C)C)Cc1ccc(Cl)c(Cl)c1. The van der Waals surface area contributed by atoms with E-state index in [9.17, 15) is 4.79 Å². The minimum absolute atomic E-state index is 0.105. The maximum Gasteiger partial charge on any atom is 0.223 e. The zero-order valence-electron chi connectivity index (χ0n) is 18.8. The number of aromatic nitrogens is 2. The minimum Gasteiger partial charge on any atom is -0.338 e. The minimum atomic E-state index is 0.105. The molecule has 0 bridgehead atoms. The highest BCUT2D eigenvalue weighted by Crippen LogP contribution is 2.24. The molecule has 0 aliphatic carbocycles. The van der Waals surface area contributed by atoms with Crippen molar-refractivity contribution in [2.75, 3.05) is 27.2 Å². The Morgan fingerprint density at radius 1 is 1.19 bits per heavy atom. The third-order valence-electron chi connectivity index (χ3n) is 5.30. The lowest BCUT2D eigenvalue weighted by Crippen LogP contribution is -2.33. The Hall–Kier alpha value is -2.07. The van der Waals surface area contributed by atoms with E-state index in [1.54, 1.807) is 6.07 Å². The number of nitrogens with zero attached hydrogens (tertiary/aromatic N) is 5. The summed E-state index contributed by atoms with van der Waals surface area (Å²) in [4.78, 5) is 17.1. The fourth-order valence-corrected chi connectivity index (χ4v) is 3.91. The zero-order chi connectivity index (χ0) is 23.0. The lowest BCUT2D eigenvalue weighted by molar-refractivity contribution is -0.131. The number of hydrogen-bond acceptors (Lipinski definition) is 4. The highest BCUT2D eigenvalue weighted by molar-refractivity contribution is 6.42. The van der Waals surface area contributed by atoms with E-state index in [0.717, 1.165) is 35.5 Å². The number of halogens is 2. The maximum atomic E-state index is 13.1. The molecule has 2 rings (SSSR count). The van der Waals surface area contributed by atoms with Gasteiger partial charge in [-0.15, -0.1) is 0 Å². The second kappa shape index (κ2) is 12.1. The van der Waals surface area contributed by atoms with Gasteiger partial charge in [-0.2, -0.15) is 10.4 Å². The highest BCUT2D eigenvalue weighted by atomic mass is 35.5. The predicted molar refractivity (Wildman–Crippen MR) is 125 cm³/mol. The molecule has 0 unspecified atom stereocenters. The third-order valence-corrected chi connectivity index (χ3v) is 6.04. The van der Waals surface area contributed by atoms with E-state index < -0.39 is 0 Å². The monoisotopic (exact) mass is 463 g/mol. The van der Waals surface area contributed by atoms with Crippen LogP contribution in [0.15, 0.2) is 18.2 Å². The first-order valence-electron chi connectivity index (χ1n) is 10.5. The first kappa shape index (κ1) is 25.2. The third kappa shape index (κ3) is 7.53. The molecule has 1 heterocycles. The fourth-order valence-electron chi connectivity index (χ4n) is 3.59. The summed E-state index contributed by atoms with van der Waals surface area (Å²) in [5.41, 5.74) is 4.01. The number of carbonyl (C=O) groups excluding carboxylic acids is 1. The van der Waals surface area contributed by atoms with Gasteiger partial charge in [0.05, 0.1) is 34.8 Å². The van der Waals surface area contributed by atoms with Gasteiger partial charge < -0.3 is 9.80 Å². The molecule has 0 atom stereocenters. The van der Waals surface area contributed by atoms with Crippen molar-refractivity contribution in [1.82, 2.24) is 19.6 Å². The van der Waals surface area contributed by atoms with E-state index in [2.05, 4.69) is 16.1 Å². The Morgan fingerprint density at radius 3 is 2.58 bits per heavy atom. The molecule has 1 aromatic carbocycles. The van der Waals surface area contributed by atoms with Gasteiger partial charge in [-0.3, -0.25) is 9.48 Å². The van der Waals surface area contributed by atoms with E-state index in [-0.39, 0.29) is 5.91 Å². The van der Waals surface area contributed by atoms with Crippen LogP contribution in [-0.2, 0) is 24.3 Å². The summed E-state index contributed by atoms with van der Waals surface area (Å²) >= 11 is 12.2. The molecule has 0 fully saturated rings. The topological polar surface area (TPSA) is 65.2 Å². The molecular formula is C23H31Cl2N5O. The van der Waals surface area contributed by atoms with E-state index in [0.29, 0.717) is 48.9 Å². The summed E-state index contributed by atoms with van der Waals surface area (Å²) in [5.74, 6) is 0.105. The van der Waals surface area contributed by atoms with Crippen LogP contribution in [0.4, 0.5) is 0 Å². The van der Waals surface area contributed by atoms with Crippen LogP contribution in [-0.4, -0.2) is 52.7 Å². The molecule has 0 N–H and O–H groups in total. The molecule has 0 saturated carbocycles. The molecule has 0 saturated heterocycles. The number of carbonyl (C=O) groups is 1. The average molecular weight is 464 g/mol. The quantitative estimate of drug-likeness (QED) is 0.486. The summed E-state index contributed by atoms with van der Waals surface area (Å²) in [6.45, 7) is 6.63. The Labute approximate surface area is 195 Å². The van der Waals surface area contributed by atoms with Crippen LogP contribution in [0.25, 0.3) is 0 Å². The molecule has 0 spiro atoms. The van der Waals surface area contributed by atoms with E-state index in [4.69, 9.17) is 28.5 Å². The first-order chi connectivity index (χ1) is 14.7. The van der Waals surface area contributed by atoms with Crippen LogP contribution in [0.2, 0.25) is 10.0 Å². The van der Waals surface area contributed by atoms with Gasteiger partial charge >= 0.3 is 0 Å². The number of benzene rings is 1. The van der Waals surface area contributed by atoms with Crippen LogP contribution in [0.1, 0.15) is 41.8 Å². The molecule has 1 amide bonds. The van der Waals surface area contributed by atoms with Crippen LogP contribution in [0, 0.1) is 25.2 Å². The van der Waals surface area contributed by atoms with Crippen LogP contribution in [0.3, 0.4) is 0 Å². The van der Waals surface area contributed by atoms with Gasteiger partial charge in [0.1, 0.15) is 0 Å². The Bertz CT molecular complexity index is 933. The molecule has 2 aromatic rings. The van der Waals surface area contributed by atoms with Crippen LogP contribution < -0.4 is 0 Å². The average Bonchev–Trinajstić information content (AvgIpc) is 2.99. The number of aryl methyl sites for hydroxylation is 2. The number of hydrogen-bond donors (Lipinski definition) is 0. The normalized spacial score (nSPS) is 11.0. The maximum absolute atomic E-state index is 13.1. The van der Waals surface area contributed by atoms with Gasteiger partial charge in [0, 0.05) is 25.2 Å². The first-order valence-corrected chi connectivity index (χ1v) is 11.2. The second-order valence-electron chi connectivity index (χ2n) is 8.00. The number of nitriles is 1. The second-order valence-corrected chi connectivity index (χ2v) is 8.82. The van der Waals surface area contributed by atoms with Crippen molar-refractivity contribution in [3.05, 3.63) is 50.8 Å². The lowest BCUT2D eigenvalue weighted by atomic mass is 10.1. The van der Waals surface area contributed by atoms with Crippen molar-refractivity contribution >= 4 is 29.1 Å². The zero-order valence-corrected chi connectivity index (χ0v) is 20.3. The standard InChI is InChI=1S/C23H31Cl2N5O/c1-17-20(18(2)30(27-17)14-5-11-26)8-10-23(31)29(13-6-12-28(3)4)16-19-7-9-21(24)22(25)15-19/h7,9,15H,5-6,8,10,12-14,16H2,1-4H3. The van der Waals surface area contributed by atoms with Crippen LogP contribution >= 0.6 is 23.2 Å². The molecule has 168 valence electrons. The molecule has 0 aliphatic heterocycles. The van der Waals surface area contributed by atoms with Crippen molar-refractivity contribution < 1.29 is 4.79 Å². The van der Waals surface area contributed by atoms with Crippen LogP contribution in [0.5, 0.6) is 0 Å². The fraction of sp³-hybridized carbons (Fsp3) is 0.522. The summed E-state index contributed by atoms with van der Waals surface area (Å²) in [6.07, 6.45) is 2.36. The van der Waals surface area contributed by atoms with Gasteiger partial charge in [0.25, 0.3) is 0 Å². The smallest absolute Gasteiger partial charge is 0.223 e. The molecule has 1 aromatic heterocycles. The highest BCUT2D eigenvalue weighted by Gasteiger charge is 2.18. The van der Waals surface area contributed by atoms with Crippen molar-refractivity contribution in [3.8, 4) is 6.07 Å². The van der Waals surface area contributed by atoms with Crippen molar-refractivity contribution in [1.29, 1.82) is 5.26 Å². The number of rotatable bonds is 11. The molecule has 8 heteroatoms. The van der Waals surface area contributed by atoms with Gasteiger partial charge in [-0.25, -0.2) is 0 Å². The van der Waals surface area contributed by atoms with Crippen molar-refractivity contribution in [2.24, 2.45) is 0 Å². The number of amides is 1.